The van der Waals surface area contributed by atoms with Crippen LogP contribution in [-0.4, -0.2) is 52.6 Å². The van der Waals surface area contributed by atoms with Gasteiger partial charge in [0.25, 0.3) is 6.47 Å². The zero-order valence-corrected chi connectivity index (χ0v) is 16.9. The molecule has 29 heavy (non-hydrogen) atoms. The largest absolute Gasteiger partial charge is 0.497 e. The van der Waals surface area contributed by atoms with Gasteiger partial charge in [0.05, 0.1) is 26.5 Å². The highest BCUT2D eigenvalue weighted by atomic mass is 16.5. The van der Waals surface area contributed by atoms with Crippen LogP contribution < -0.4 is 4.74 Å². The zero-order chi connectivity index (χ0) is 21.2. The Kier molecular flexibility index (Phi) is 8.39. The predicted octanol–water partition coefficient (Wildman–Crippen LogP) is 2.86. The van der Waals surface area contributed by atoms with Crippen LogP contribution in [0.25, 0.3) is 11.1 Å². The van der Waals surface area contributed by atoms with Crippen molar-refractivity contribution in [2.24, 2.45) is 0 Å². The number of aliphatic hydroxyl groups excluding tert-OH is 1. The van der Waals surface area contributed by atoms with Gasteiger partial charge >= 0.3 is 0 Å². The third kappa shape index (κ3) is 6.44. The van der Waals surface area contributed by atoms with E-state index in [1.165, 1.54) is 5.56 Å². The van der Waals surface area contributed by atoms with Crippen molar-refractivity contribution in [2.45, 2.75) is 19.7 Å². The number of ether oxygens (including phenoxy) is 1. The molecule has 0 unspecified atom stereocenters. The lowest BCUT2D eigenvalue weighted by Crippen LogP contribution is -2.10. The maximum Gasteiger partial charge on any atom is 0.290 e. The van der Waals surface area contributed by atoms with Crippen molar-refractivity contribution in [1.82, 2.24) is 14.7 Å². The summed E-state index contributed by atoms with van der Waals surface area (Å²) in [6, 6.07) is 14.2. The maximum atomic E-state index is 9.78. The summed E-state index contributed by atoms with van der Waals surface area (Å²) >= 11 is 0. The minimum absolute atomic E-state index is 0.0141. The van der Waals surface area contributed by atoms with E-state index in [9.17, 15) is 5.11 Å². The number of methoxy groups -OCH3 is 1. The second-order valence-electron chi connectivity index (χ2n) is 6.77. The molecule has 154 valence electrons. The van der Waals surface area contributed by atoms with Crippen molar-refractivity contribution in [3.63, 3.8) is 0 Å². The Morgan fingerprint density at radius 3 is 2.38 bits per heavy atom. The summed E-state index contributed by atoms with van der Waals surface area (Å²) in [6.45, 7) is 1.31. The smallest absolute Gasteiger partial charge is 0.290 e. The fourth-order valence-electron chi connectivity index (χ4n) is 3.03. The number of hydrogen-bond donors (Lipinski definition) is 2. The second kappa shape index (κ2) is 11.0. The Hall–Kier alpha value is -3.16. The van der Waals surface area contributed by atoms with Gasteiger partial charge in [0.2, 0.25) is 0 Å². The van der Waals surface area contributed by atoms with Crippen molar-refractivity contribution in [3.8, 4) is 16.9 Å². The number of benzene rings is 2. The lowest BCUT2D eigenvalue weighted by Gasteiger charge is -2.12. The van der Waals surface area contributed by atoms with Crippen LogP contribution >= 0.6 is 0 Å². The molecule has 3 aromatic rings. The van der Waals surface area contributed by atoms with Crippen LogP contribution in [0, 0.1) is 0 Å². The predicted molar refractivity (Wildman–Crippen MR) is 112 cm³/mol. The van der Waals surface area contributed by atoms with Gasteiger partial charge in [0.15, 0.2) is 0 Å². The highest BCUT2D eigenvalue weighted by Crippen LogP contribution is 2.25. The molecule has 0 aliphatic heterocycles. The zero-order valence-electron chi connectivity index (χ0n) is 16.9. The second-order valence-corrected chi connectivity index (χ2v) is 6.77. The van der Waals surface area contributed by atoms with Crippen LogP contribution in [0.15, 0.2) is 54.9 Å². The van der Waals surface area contributed by atoms with E-state index in [0.717, 1.165) is 34.5 Å². The molecule has 0 radical (unpaired) electrons. The maximum absolute atomic E-state index is 9.78. The minimum Gasteiger partial charge on any atom is -0.497 e. The van der Waals surface area contributed by atoms with E-state index >= 15 is 0 Å². The van der Waals surface area contributed by atoms with Crippen molar-refractivity contribution >= 4 is 6.47 Å². The third-order valence-electron chi connectivity index (χ3n) is 4.29. The minimum atomic E-state index is -0.250. The lowest BCUT2D eigenvalue weighted by atomic mass is 10.00. The van der Waals surface area contributed by atoms with Crippen molar-refractivity contribution in [3.05, 3.63) is 71.5 Å². The van der Waals surface area contributed by atoms with Crippen molar-refractivity contribution in [1.29, 1.82) is 0 Å². The van der Waals surface area contributed by atoms with Crippen LogP contribution in [0.3, 0.4) is 0 Å². The number of nitrogens with zero attached hydrogens (tertiary/aromatic N) is 3. The van der Waals surface area contributed by atoms with E-state index in [-0.39, 0.29) is 13.1 Å². The Morgan fingerprint density at radius 1 is 1.14 bits per heavy atom. The summed E-state index contributed by atoms with van der Waals surface area (Å²) in [5.74, 6) is 0.848. The number of aliphatic hydroxyl groups is 1. The molecule has 2 N–H and O–H groups in total. The number of carboxylic acid groups (broad SMARTS) is 1. The normalized spacial score (nSPS) is 10.4. The molecule has 0 spiro atoms. The van der Waals surface area contributed by atoms with E-state index in [1.54, 1.807) is 7.11 Å². The molecule has 7 heteroatoms. The fourth-order valence-corrected chi connectivity index (χ4v) is 3.03. The molecule has 0 amide bonds. The van der Waals surface area contributed by atoms with Gasteiger partial charge < -0.3 is 19.8 Å². The number of carbonyl (C=O) groups is 1. The van der Waals surface area contributed by atoms with Crippen LogP contribution in [0.4, 0.5) is 0 Å². The van der Waals surface area contributed by atoms with Crippen LogP contribution in [0.1, 0.15) is 16.7 Å². The highest BCUT2D eigenvalue weighted by Gasteiger charge is 2.09. The highest BCUT2D eigenvalue weighted by molar-refractivity contribution is 5.66. The third-order valence-corrected chi connectivity index (χ3v) is 4.29. The van der Waals surface area contributed by atoms with E-state index in [0.29, 0.717) is 6.54 Å². The average Bonchev–Trinajstić information content (AvgIpc) is 3.17. The summed E-state index contributed by atoms with van der Waals surface area (Å²) in [4.78, 5) is 10.5. The molecule has 7 nitrogen and oxygen atoms in total. The quantitative estimate of drug-likeness (QED) is 0.596. The molecular formula is C22H27N3O4. The van der Waals surface area contributed by atoms with E-state index < -0.39 is 0 Å². The number of aromatic nitrogens is 2. The van der Waals surface area contributed by atoms with Crippen molar-refractivity contribution < 1.29 is 19.7 Å². The first-order valence-electron chi connectivity index (χ1n) is 9.11. The van der Waals surface area contributed by atoms with Crippen molar-refractivity contribution in [2.75, 3.05) is 21.2 Å². The van der Waals surface area contributed by atoms with E-state index in [1.807, 2.05) is 55.4 Å². The molecule has 0 saturated heterocycles. The summed E-state index contributed by atoms with van der Waals surface area (Å²) in [5, 5.41) is 21.1. The molecule has 1 aromatic heterocycles. The average molecular weight is 397 g/mol. The number of rotatable bonds is 7. The van der Waals surface area contributed by atoms with Gasteiger partial charge in [-0.2, -0.15) is 5.10 Å². The summed E-state index contributed by atoms with van der Waals surface area (Å²) < 4.78 is 7.10. The molecule has 3 rings (SSSR count). The Bertz CT molecular complexity index is 905. The van der Waals surface area contributed by atoms with Gasteiger partial charge in [0, 0.05) is 18.3 Å². The van der Waals surface area contributed by atoms with Gasteiger partial charge in [-0.1, -0.05) is 30.3 Å². The van der Waals surface area contributed by atoms with Crippen LogP contribution in [0.2, 0.25) is 0 Å². The van der Waals surface area contributed by atoms with Gasteiger partial charge in [0.1, 0.15) is 5.75 Å². The van der Waals surface area contributed by atoms with Gasteiger partial charge in [-0.15, -0.1) is 0 Å². The van der Waals surface area contributed by atoms with Gasteiger partial charge in [-0.3, -0.25) is 9.48 Å². The SMILES string of the molecule is COc1ccc(Cn2cc(-c3ccc(CN(C)C)cc3CO)cn2)cc1.O=CO. The molecule has 1 heterocycles. The first-order chi connectivity index (χ1) is 14.0. The Morgan fingerprint density at radius 2 is 1.79 bits per heavy atom. The fraction of sp³-hybridized carbons (Fsp3) is 0.273. The van der Waals surface area contributed by atoms with E-state index in [4.69, 9.17) is 14.6 Å². The lowest BCUT2D eigenvalue weighted by molar-refractivity contribution is -0.122. The topological polar surface area (TPSA) is 87.8 Å². The summed E-state index contributed by atoms with van der Waals surface area (Å²) in [6.07, 6.45) is 3.87. The standard InChI is InChI=1S/C21H25N3O2.CH2O2/c1-23(2)12-17-6-9-21(18(10-17)15-25)19-11-22-24(14-19)13-16-4-7-20(26-3)8-5-16;2-1-3/h4-11,14,25H,12-13,15H2,1-3H3;1H,(H,2,3). The molecule has 0 aliphatic carbocycles. The number of hydrogen-bond acceptors (Lipinski definition) is 5. The Labute approximate surface area is 170 Å². The molecule has 0 bridgehead atoms. The molecule has 0 saturated carbocycles. The molecule has 2 aromatic carbocycles. The van der Waals surface area contributed by atoms with Gasteiger partial charge in [-0.05, 0) is 48.5 Å². The first-order valence-corrected chi connectivity index (χ1v) is 9.11. The van der Waals surface area contributed by atoms with Crippen LogP contribution in [-0.2, 0) is 24.5 Å². The molecule has 0 fully saturated rings. The summed E-state index contributed by atoms with van der Waals surface area (Å²) in [7, 11) is 5.74. The summed E-state index contributed by atoms with van der Waals surface area (Å²) in [5.41, 5.74) is 5.31. The molecule has 0 aliphatic rings. The van der Waals surface area contributed by atoms with Crippen LogP contribution in [0.5, 0.6) is 5.75 Å². The van der Waals surface area contributed by atoms with Gasteiger partial charge in [-0.25, -0.2) is 0 Å². The Balaban J connectivity index is 0.000000941. The first kappa shape index (κ1) is 22.1. The molecular weight excluding hydrogens is 370 g/mol. The monoisotopic (exact) mass is 397 g/mol. The molecule has 0 atom stereocenters. The van der Waals surface area contributed by atoms with E-state index in [2.05, 4.69) is 28.2 Å².